The zero-order chi connectivity index (χ0) is 11.9. The highest BCUT2D eigenvalue weighted by Gasteiger charge is 2.28. The normalized spacial score (nSPS) is 20.1. The summed E-state index contributed by atoms with van der Waals surface area (Å²) in [7, 11) is 4.73. The first-order valence-corrected chi connectivity index (χ1v) is 5.61. The van der Waals surface area contributed by atoms with E-state index in [-0.39, 0.29) is 0 Å². The largest absolute Gasteiger partial charge is 0.379 e. The van der Waals surface area contributed by atoms with Crippen LogP contribution in [0, 0.1) is 0 Å². The van der Waals surface area contributed by atoms with Gasteiger partial charge in [0.25, 0.3) is 5.97 Å². The smallest absolute Gasteiger partial charge is 0.282 e. The van der Waals surface area contributed by atoms with Gasteiger partial charge >= 0.3 is 0 Å². The molecule has 5 heteroatoms. The fraction of sp³-hybridized carbons (Fsp3) is 1.00. The van der Waals surface area contributed by atoms with Gasteiger partial charge < -0.3 is 23.7 Å². The van der Waals surface area contributed by atoms with E-state index in [1.807, 2.05) is 0 Å². The number of rotatable bonds is 10. The number of unbranched alkanes of at least 4 members (excludes halogenated alkanes) is 1. The van der Waals surface area contributed by atoms with E-state index in [2.05, 4.69) is 0 Å². The molecule has 96 valence electrons. The molecule has 1 aliphatic rings. The number of epoxide rings is 1. The molecule has 0 saturated carbocycles. The van der Waals surface area contributed by atoms with E-state index < -0.39 is 5.97 Å². The van der Waals surface area contributed by atoms with Gasteiger partial charge in [-0.2, -0.15) is 0 Å². The molecule has 5 nitrogen and oxygen atoms in total. The molecule has 1 fully saturated rings. The second-order valence-electron chi connectivity index (χ2n) is 3.78. The van der Waals surface area contributed by atoms with Gasteiger partial charge in [0, 0.05) is 34.4 Å². The van der Waals surface area contributed by atoms with Crippen LogP contribution in [0.4, 0.5) is 0 Å². The first-order valence-electron chi connectivity index (χ1n) is 5.61. The van der Waals surface area contributed by atoms with Gasteiger partial charge in [-0.3, -0.25) is 0 Å². The third-order valence-corrected chi connectivity index (χ3v) is 2.66. The average Bonchev–Trinajstić information content (AvgIpc) is 3.13. The van der Waals surface area contributed by atoms with Gasteiger partial charge in [0.1, 0.15) is 6.10 Å². The highest BCUT2D eigenvalue weighted by Crippen LogP contribution is 2.20. The van der Waals surface area contributed by atoms with Crippen molar-refractivity contribution in [1.82, 2.24) is 0 Å². The van der Waals surface area contributed by atoms with Crippen molar-refractivity contribution >= 4 is 0 Å². The summed E-state index contributed by atoms with van der Waals surface area (Å²) in [5.41, 5.74) is 0. The second kappa shape index (κ2) is 7.19. The Morgan fingerprint density at radius 2 is 1.75 bits per heavy atom. The lowest BCUT2D eigenvalue weighted by molar-refractivity contribution is -0.355. The van der Waals surface area contributed by atoms with Crippen molar-refractivity contribution in [3.63, 3.8) is 0 Å². The summed E-state index contributed by atoms with van der Waals surface area (Å²) in [6.07, 6.45) is 2.93. The summed E-state index contributed by atoms with van der Waals surface area (Å²) in [5.74, 6) is -0.903. The van der Waals surface area contributed by atoms with Crippen molar-refractivity contribution in [3.8, 4) is 0 Å². The Bertz CT molecular complexity index is 169. The van der Waals surface area contributed by atoms with Crippen LogP contribution < -0.4 is 0 Å². The molecule has 0 bridgehead atoms. The van der Waals surface area contributed by atoms with Crippen LogP contribution in [0.5, 0.6) is 0 Å². The molecule has 0 aromatic rings. The number of hydrogen-bond acceptors (Lipinski definition) is 5. The molecule has 0 spiro atoms. The molecule has 1 rings (SSSR count). The minimum atomic E-state index is -0.903. The second-order valence-corrected chi connectivity index (χ2v) is 3.78. The average molecular weight is 234 g/mol. The van der Waals surface area contributed by atoms with E-state index in [1.165, 1.54) is 0 Å². The fourth-order valence-electron chi connectivity index (χ4n) is 1.48. The van der Waals surface area contributed by atoms with E-state index >= 15 is 0 Å². The van der Waals surface area contributed by atoms with E-state index in [9.17, 15) is 0 Å². The molecule has 0 aromatic heterocycles. The highest BCUT2D eigenvalue weighted by atomic mass is 16.9. The lowest BCUT2D eigenvalue weighted by atomic mass is 10.2. The molecule has 0 N–H and O–H groups in total. The maximum Gasteiger partial charge on any atom is 0.282 e. The van der Waals surface area contributed by atoms with Crippen LogP contribution in [-0.4, -0.2) is 53.2 Å². The van der Waals surface area contributed by atoms with E-state index in [0.717, 1.165) is 26.1 Å². The Labute approximate surface area is 97.0 Å². The van der Waals surface area contributed by atoms with Crippen molar-refractivity contribution in [1.29, 1.82) is 0 Å². The van der Waals surface area contributed by atoms with Gasteiger partial charge in [-0.1, -0.05) is 0 Å². The lowest BCUT2D eigenvalue weighted by Crippen LogP contribution is -2.35. The molecular formula is C11H22O5. The van der Waals surface area contributed by atoms with Crippen molar-refractivity contribution in [3.05, 3.63) is 0 Å². The molecular weight excluding hydrogens is 212 g/mol. The maximum atomic E-state index is 5.43. The summed E-state index contributed by atoms with van der Waals surface area (Å²) < 4.78 is 26.0. The fourth-order valence-corrected chi connectivity index (χ4v) is 1.48. The Balaban J connectivity index is 1.98. The van der Waals surface area contributed by atoms with Gasteiger partial charge in [-0.25, -0.2) is 0 Å². The lowest BCUT2D eigenvalue weighted by Gasteiger charge is -2.28. The van der Waals surface area contributed by atoms with Gasteiger partial charge in [-0.05, 0) is 12.8 Å². The van der Waals surface area contributed by atoms with Crippen LogP contribution >= 0.6 is 0 Å². The molecule has 0 aromatic carbocycles. The molecule has 1 saturated heterocycles. The SMILES string of the molecule is COC(CCCCOCC1CO1)(OC)OC. The van der Waals surface area contributed by atoms with Crippen LogP contribution in [0.25, 0.3) is 0 Å². The molecule has 1 unspecified atom stereocenters. The summed E-state index contributed by atoms with van der Waals surface area (Å²) in [4.78, 5) is 0. The number of hydrogen-bond donors (Lipinski definition) is 0. The summed E-state index contributed by atoms with van der Waals surface area (Å²) >= 11 is 0. The Morgan fingerprint density at radius 1 is 1.12 bits per heavy atom. The summed E-state index contributed by atoms with van der Waals surface area (Å²) in [5, 5.41) is 0. The Kier molecular flexibility index (Phi) is 6.23. The molecule has 1 atom stereocenters. The first kappa shape index (κ1) is 13.9. The van der Waals surface area contributed by atoms with Crippen LogP contribution in [0.15, 0.2) is 0 Å². The molecule has 1 aliphatic heterocycles. The van der Waals surface area contributed by atoms with Gasteiger partial charge in [0.05, 0.1) is 13.2 Å². The first-order chi connectivity index (χ1) is 7.76. The maximum absolute atomic E-state index is 5.43. The number of methoxy groups -OCH3 is 3. The molecule has 0 amide bonds. The third-order valence-electron chi connectivity index (χ3n) is 2.66. The van der Waals surface area contributed by atoms with Crippen molar-refractivity contribution in [2.75, 3.05) is 41.2 Å². The molecule has 1 heterocycles. The van der Waals surface area contributed by atoms with Crippen LogP contribution in [-0.2, 0) is 23.7 Å². The predicted molar refractivity (Wildman–Crippen MR) is 58.2 cm³/mol. The third kappa shape index (κ3) is 4.76. The summed E-state index contributed by atoms with van der Waals surface area (Å²) in [6, 6.07) is 0. The van der Waals surface area contributed by atoms with Crippen molar-refractivity contribution in [2.24, 2.45) is 0 Å². The van der Waals surface area contributed by atoms with Crippen molar-refractivity contribution in [2.45, 2.75) is 31.3 Å². The summed E-state index contributed by atoms with van der Waals surface area (Å²) in [6.45, 7) is 2.30. The molecule has 0 radical (unpaired) electrons. The molecule has 0 aliphatic carbocycles. The zero-order valence-electron chi connectivity index (χ0n) is 10.4. The van der Waals surface area contributed by atoms with E-state index in [4.69, 9.17) is 23.7 Å². The topological polar surface area (TPSA) is 49.5 Å². The minimum absolute atomic E-state index is 0.344. The Hall–Kier alpha value is -0.200. The van der Waals surface area contributed by atoms with Crippen LogP contribution in [0.3, 0.4) is 0 Å². The highest BCUT2D eigenvalue weighted by molar-refractivity contribution is 4.67. The molecule has 16 heavy (non-hydrogen) atoms. The van der Waals surface area contributed by atoms with Crippen molar-refractivity contribution < 1.29 is 23.7 Å². The quantitative estimate of drug-likeness (QED) is 0.322. The zero-order valence-corrected chi connectivity index (χ0v) is 10.4. The van der Waals surface area contributed by atoms with Crippen LogP contribution in [0.2, 0.25) is 0 Å². The van der Waals surface area contributed by atoms with Crippen LogP contribution in [0.1, 0.15) is 19.3 Å². The standard InChI is InChI=1S/C11H22O5/c1-12-11(13-2,14-3)6-4-5-7-15-8-10-9-16-10/h10H,4-9H2,1-3H3. The van der Waals surface area contributed by atoms with Gasteiger partial charge in [-0.15, -0.1) is 0 Å². The van der Waals surface area contributed by atoms with E-state index in [0.29, 0.717) is 19.1 Å². The predicted octanol–water partition coefficient (Wildman–Crippen LogP) is 1.17. The van der Waals surface area contributed by atoms with Gasteiger partial charge in [0.15, 0.2) is 0 Å². The minimum Gasteiger partial charge on any atom is -0.379 e. The van der Waals surface area contributed by atoms with Gasteiger partial charge in [0.2, 0.25) is 0 Å². The monoisotopic (exact) mass is 234 g/mol. The van der Waals surface area contributed by atoms with E-state index in [1.54, 1.807) is 21.3 Å². The Morgan fingerprint density at radius 3 is 2.25 bits per heavy atom. The number of ether oxygens (including phenoxy) is 5.